The highest BCUT2D eigenvalue weighted by molar-refractivity contribution is 6.30. The van der Waals surface area contributed by atoms with Crippen LogP contribution in [0.2, 0.25) is 5.02 Å². The van der Waals surface area contributed by atoms with Gasteiger partial charge in [0.15, 0.2) is 0 Å². The molecular weight excluding hydrogens is 334 g/mol. The molecule has 2 aromatic carbocycles. The van der Waals surface area contributed by atoms with Crippen LogP contribution < -0.4 is 0 Å². The third kappa shape index (κ3) is 3.57. The van der Waals surface area contributed by atoms with Crippen LogP contribution >= 0.6 is 11.6 Å². The van der Waals surface area contributed by atoms with E-state index in [0.717, 1.165) is 17.5 Å². The van der Waals surface area contributed by atoms with Crippen molar-refractivity contribution in [1.29, 1.82) is 0 Å². The Morgan fingerprint density at radius 1 is 1.24 bits per heavy atom. The van der Waals surface area contributed by atoms with Crippen LogP contribution in [0, 0.1) is 0 Å². The summed E-state index contributed by atoms with van der Waals surface area (Å²) in [6.07, 6.45) is 2.86. The van der Waals surface area contributed by atoms with E-state index < -0.39 is 5.60 Å². The molecule has 1 heterocycles. The summed E-state index contributed by atoms with van der Waals surface area (Å²) in [6, 6.07) is 17.4. The molecule has 0 aliphatic carbocycles. The fourth-order valence-electron chi connectivity index (χ4n) is 3.38. The molecule has 0 radical (unpaired) electrons. The van der Waals surface area contributed by atoms with Crippen molar-refractivity contribution >= 4 is 17.7 Å². The van der Waals surface area contributed by atoms with Gasteiger partial charge in [0, 0.05) is 24.4 Å². The van der Waals surface area contributed by atoms with Gasteiger partial charge in [-0.3, -0.25) is 0 Å². The molecule has 130 valence electrons. The van der Waals surface area contributed by atoms with Crippen LogP contribution in [0.3, 0.4) is 0 Å². The number of amides is 1. The SMILES string of the molecule is C=CCC1(c2ccccc2)CCN([C@@H](C)c2ccc(Cl)cc2)C(=O)O1. The molecule has 1 unspecified atom stereocenters. The second kappa shape index (κ2) is 7.32. The van der Waals surface area contributed by atoms with E-state index in [9.17, 15) is 4.79 Å². The fraction of sp³-hybridized carbons (Fsp3) is 0.286. The lowest BCUT2D eigenvalue weighted by Gasteiger charge is -2.43. The number of cyclic esters (lactones) is 1. The Labute approximate surface area is 153 Å². The number of carbonyl (C=O) groups excluding carboxylic acids is 1. The summed E-state index contributed by atoms with van der Waals surface area (Å²) >= 11 is 5.96. The summed E-state index contributed by atoms with van der Waals surface area (Å²) in [4.78, 5) is 14.6. The minimum Gasteiger partial charge on any atom is -0.437 e. The molecule has 1 saturated heterocycles. The topological polar surface area (TPSA) is 29.5 Å². The third-order valence-electron chi connectivity index (χ3n) is 4.87. The fourth-order valence-corrected chi connectivity index (χ4v) is 3.51. The molecule has 0 spiro atoms. The van der Waals surface area contributed by atoms with E-state index in [1.54, 1.807) is 4.90 Å². The van der Waals surface area contributed by atoms with E-state index in [2.05, 4.69) is 6.58 Å². The van der Waals surface area contributed by atoms with Gasteiger partial charge in [0.05, 0.1) is 6.04 Å². The van der Waals surface area contributed by atoms with Crippen molar-refractivity contribution < 1.29 is 9.53 Å². The molecule has 2 aromatic rings. The molecule has 2 atom stereocenters. The minimum absolute atomic E-state index is 0.0673. The number of benzene rings is 2. The zero-order valence-corrected chi connectivity index (χ0v) is 15.1. The molecule has 25 heavy (non-hydrogen) atoms. The minimum atomic E-state index is -0.629. The van der Waals surface area contributed by atoms with Gasteiger partial charge in [0.25, 0.3) is 0 Å². The van der Waals surface area contributed by atoms with Gasteiger partial charge in [-0.2, -0.15) is 0 Å². The van der Waals surface area contributed by atoms with E-state index in [1.165, 1.54) is 0 Å². The van der Waals surface area contributed by atoms with Crippen molar-refractivity contribution in [3.63, 3.8) is 0 Å². The number of hydrogen-bond donors (Lipinski definition) is 0. The summed E-state index contributed by atoms with van der Waals surface area (Å²) in [5, 5.41) is 0.686. The Hall–Kier alpha value is -2.26. The molecule has 3 rings (SSSR count). The van der Waals surface area contributed by atoms with Gasteiger partial charge in [0.1, 0.15) is 5.60 Å². The molecule has 1 fully saturated rings. The molecule has 1 amide bonds. The van der Waals surface area contributed by atoms with Crippen molar-refractivity contribution in [2.75, 3.05) is 6.54 Å². The lowest BCUT2D eigenvalue weighted by molar-refractivity contribution is -0.0588. The molecule has 1 aliphatic rings. The first kappa shape index (κ1) is 17.6. The Bertz CT molecular complexity index is 744. The zero-order valence-electron chi connectivity index (χ0n) is 14.3. The maximum Gasteiger partial charge on any atom is 0.411 e. The van der Waals surface area contributed by atoms with Crippen LogP contribution in [-0.2, 0) is 10.3 Å². The average molecular weight is 356 g/mol. The smallest absolute Gasteiger partial charge is 0.411 e. The monoisotopic (exact) mass is 355 g/mol. The normalized spacial score (nSPS) is 21.5. The average Bonchev–Trinajstić information content (AvgIpc) is 2.63. The first-order valence-corrected chi connectivity index (χ1v) is 8.85. The number of rotatable bonds is 5. The van der Waals surface area contributed by atoms with Gasteiger partial charge >= 0.3 is 6.09 Å². The van der Waals surface area contributed by atoms with Gasteiger partial charge in [-0.05, 0) is 30.2 Å². The molecule has 1 aliphatic heterocycles. The van der Waals surface area contributed by atoms with E-state index in [-0.39, 0.29) is 12.1 Å². The highest BCUT2D eigenvalue weighted by atomic mass is 35.5. The largest absolute Gasteiger partial charge is 0.437 e. The Morgan fingerprint density at radius 3 is 2.52 bits per heavy atom. The molecule has 0 saturated carbocycles. The predicted molar refractivity (Wildman–Crippen MR) is 101 cm³/mol. The molecule has 3 nitrogen and oxygen atoms in total. The summed E-state index contributed by atoms with van der Waals surface area (Å²) in [6.45, 7) is 6.48. The van der Waals surface area contributed by atoms with Crippen LogP contribution in [0.5, 0.6) is 0 Å². The highest BCUT2D eigenvalue weighted by Crippen LogP contribution is 2.39. The lowest BCUT2D eigenvalue weighted by Crippen LogP contribution is -2.48. The Morgan fingerprint density at radius 2 is 1.92 bits per heavy atom. The van der Waals surface area contributed by atoms with Gasteiger partial charge in [-0.1, -0.05) is 60.1 Å². The van der Waals surface area contributed by atoms with Gasteiger partial charge in [-0.15, -0.1) is 6.58 Å². The Balaban J connectivity index is 1.82. The van der Waals surface area contributed by atoms with Crippen LogP contribution in [0.4, 0.5) is 4.79 Å². The number of hydrogen-bond acceptors (Lipinski definition) is 2. The van der Waals surface area contributed by atoms with Crippen molar-refractivity contribution in [1.82, 2.24) is 4.90 Å². The first-order chi connectivity index (χ1) is 12.1. The summed E-state index contributed by atoms with van der Waals surface area (Å²) in [5.41, 5.74) is 1.43. The second-order valence-electron chi connectivity index (χ2n) is 6.39. The first-order valence-electron chi connectivity index (χ1n) is 8.47. The van der Waals surface area contributed by atoms with Crippen LogP contribution in [0.15, 0.2) is 67.3 Å². The van der Waals surface area contributed by atoms with Crippen molar-refractivity contribution in [3.05, 3.63) is 83.4 Å². The standard InChI is InChI=1S/C21H22ClNO2/c1-3-13-21(18-7-5-4-6-8-18)14-15-23(20(24)25-21)16(2)17-9-11-19(22)12-10-17/h3-12,16H,1,13-15H2,2H3/t16-,21?/m0/s1. The van der Waals surface area contributed by atoms with E-state index >= 15 is 0 Å². The number of ether oxygens (including phenoxy) is 1. The van der Waals surface area contributed by atoms with Crippen LogP contribution in [-0.4, -0.2) is 17.5 Å². The lowest BCUT2D eigenvalue weighted by atomic mass is 9.85. The Kier molecular flexibility index (Phi) is 5.14. The highest BCUT2D eigenvalue weighted by Gasteiger charge is 2.42. The molecule has 4 heteroatoms. The van der Waals surface area contributed by atoms with Crippen molar-refractivity contribution in [3.8, 4) is 0 Å². The van der Waals surface area contributed by atoms with Crippen molar-refractivity contribution in [2.24, 2.45) is 0 Å². The van der Waals surface area contributed by atoms with E-state index in [0.29, 0.717) is 18.0 Å². The number of halogens is 1. The van der Waals surface area contributed by atoms with Crippen LogP contribution in [0.25, 0.3) is 0 Å². The maximum absolute atomic E-state index is 12.8. The van der Waals surface area contributed by atoms with Gasteiger partial charge in [-0.25, -0.2) is 4.79 Å². The molecule has 0 N–H and O–H groups in total. The molecule has 0 aromatic heterocycles. The molecular formula is C21H22ClNO2. The van der Waals surface area contributed by atoms with E-state index in [1.807, 2.05) is 67.6 Å². The second-order valence-corrected chi connectivity index (χ2v) is 6.83. The summed E-state index contributed by atoms with van der Waals surface area (Å²) in [7, 11) is 0. The maximum atomic E-state index is 12.8. The van der Waals surface area contributed by atoms with Crippen molar-refractivity contribution in [2.45, 2.75) is 31.4 Å². The summed E-state index contributed by atoms with van der Waals surface area (Å²) < 4.78 is 5.97. The number of nitrogens with zero attached hydrogens (tertiary/aromatic N) is 1. The predicted octanol–water partition coefficient (Wildman–Crippen LogP) is 5.71. The van der Waals surface area contributed by atoms with Gasteiger partial charge in [0.2, 0.25) is 0 Å². The summed E-state index contributed by atoms with van der Waals surface area (Å²) in [5.74, 6) is 0. The molecule has 0 bridgehead atoms. The third-order valence-corrected chi connectivity index (χ3v) is 5.12. The quantitative estimate of drug-likeness (QED) is 0.642. The van der Waals surface area contributed by atoms with E-state index in [4.69, 9.17) is 16.3 Å². The zero-order chi connectivity index (χ0) is 17.9. The number of carbonyl (C=O) groups is 1. The van der Waals surface area contributed by atoms with Gasteiger partial charge < -0.3 is 9.64 Å². The van der Waals surface area contributed by atoms with Crippen LogP contribution in [0.1, 0.15) is 36.9 Å².